The second-order valence-electron chi connectivity index (χ2n) is 3.05. The maximum absolute atomic E-state index is 12.4. The Morgan fingerprint density at radius 3 is 3.07 bits per heavy atom. The van der Waals surface area contributed by atoms with Crippen LogP contribution in [-0.4, -0.2) is 28.1 Å². The lowest BCUT2D eigenvalue weighted by atomic mass is 10.4. The number of halogens is 2. The number of hydrogen-bond acceptors (Lipinski definition) is 3. The van der Waals surface area contributed by atoms with E-state index in [2.05, 4.69) is 10.3 Å². The zero-order valence-electron chi connectivity index (χ0n) is 8.62. The monoisotopic (exact) mass is 235 g/mol. The molecule has 1 rings (SSSR count). The van der Waals surface area contributed by atoms with Gasteiger partial charge in [0.05, 0.1) is 6.54 Å². The molecule has 0 aliphatic heterocycles. The van der Waals surface area contributed by atoms with Crippen LogP contribution in [0.2, 0.25) is 0 Å². The molecule has 86 valence electrons. The minimum atomic E-state index is -2.50. The molecular formula is C9H15F2N3S. The predicted molar refractivity (Wildman–Crippen MR) is 58.2 cm³/mol. The van der Waals surface area contributed by atoms with Crippen molar-refractivity contribution in [2.45, 2.75) is 19.5 Å². The van der Waals surface area contributed by atoms with E-state index >= 15 is 0 Å². The van der Waals surface area contributed by atoms with Gasteiger partial charge in [-0.2, -0.15) is 20.5 Å². The number of thioether (sulfide) groups is 1. The Balaban J connectivity index is 2.28. The molecule has 0 atom stereocenters. The van der Waals surface area contributed by atoms with Crippen molar-refractivity contribution in [3.05, 3.63) is 18.2 Å². The van der Waals surface area contributed by atoms with Crippen LogP contribution in [0.5, 0.6) is 0 Å². The van der Waals surface area contributed by atoms with Crippen LogP contribution >= 0.6 is 11.8 Å². The summed E-state index contributed by atoms with van der Waals surface area (Å²) in [5.74, 6) is 1.46. The zero-order valence-corrected chi connectivity index (χ0v) is 9.44. The molecule has 0 aliphatic rings. The molecule has 0 aromatic carbocycles. The van der Waals surface area contributed by atoms with E-state index in [0.717, 1.165) is 23.3 Å². The highest BCUT2D eigenvalue weighted by Gasteiger charge is 2.09. The van der Waals surface area contributed by atoms with Crippen LogP contribution in [0.1, 0.15) is 18.8 Å². The Labute approximate surface area is 92.3 Å². The first-order valence-corrected chi connectivity index (χ1v) is 6.14. The second-order valence-corrected chi connectivity index (χ2v) is 4.04. The first-order chi connectivity index (χ1) is 7.25. The maximum atomic E-state index is 12.4. The minimum absolute atomic E-state index is 0.383. The summed E-state index contributed by atoms with van der Waals surface area (Å²) in [6.45, 7) is -1.28. The Hall–Kier alpha value is -0.620. The van der Waals surface area contributed by atoms with Gasteiger partial charge >= 0.3 is 6.55 Å². The smallest absolute Gasteiger partial charge is 0.310 e. The highest BCUT2D eigenvalue weighted by molar-refractivity contribution is 7.98. The van der Waals surface area contributed by atoms with Crippen LogP contribution < -0.4 is 5.32 Å². The van der Waals surface area contributed by atoms with Crippen LogP contribution in [0, 0.1) is 0 Å². The fourth-order valence-electron chi connectivity index (χ4n) is 1.20. The van der Waals surface area contributed by atoms with Crippen molar-refractivity contribution in [1.29, 1.82) is 0 Å². The molecule has 0 saturated carbocycles. The number of imidazole rings is 1. The third-order valence-corrected chi connectivity index (χ3v) is 2.64. The molecule has 1 aromatic heterocycles. The highest BCUT2D eigenvalue weighted by Crippen LogP contribution is 2.11. The van der Waals surface area contributed by atoms with Crippen molar-refractivity contribution < 1.29 is 8.78 Å². The molecule has 6 heteroatoms. The average Bonchev–Trinajstić information content (AvgIpc) is 2.66. The van der Waals surface area contributed by atoms with Crippen molar-refractivity contribution in [2.75, 3.05) is 18.6 Å². The third-order valence-electron chi connectivity index (χ3n) is 1.94. The molecule has 1 N–H and O–H groups in total. The largest absolute Gasteiger partial charge is 0.319 e. The Bertz CT molecular complexity index is 278. The van der Waals surface area contributed by atoms with E-state index in [4.69, 9.17) is 0 Å². The Morgan fingerprint density at radius 1 is 1.60 bits per heavy atom. The lowest BCUT2D eigenvalue weighted by Crippen LogP contribution is -2.18. The van der Waals surface area contributed by atoms with Crippen molar-refractivity contribution in [1.82, 2.24) is 14.9 Å². The number of alkyl halides is 2. The molecule has 0 fully saturated rings. The summed E-state index contributed by atoms with van der Waals surface area (Å²) in [7, 11) is 0. The fourth-order valence-corrected chi connectivity index (χ4v) is 1.63. The van der Waals surface area contributed by atoms with Gasteiger partial charge in [-0.25, -0.2) is 4.98 Å². The summed E-state index contributed by atoms with van der Waals surface area (Å²) in [5.41, 5.74) is 0. The predicted octanol–water partition coefficient (Wildman–Crippen LogP) is 2.12. The minimum Gasteiger partial charge on any atom is -0.310 e. The number of nitrogens with one attached hydrogen (secondary N) is 1. The number of aromatic nitrogens is 2. The second kappa shape index (κ2) is 6.79. The van der Waals surface area contributed by atoms with Gasteiger partial charge < -0.3 is 5.32 Å². The van der Waals surface area contributed by atoms with Crippen LogP contribution in [0.25, 0.3) is 0 Å². The fraction of sp³-hybridized carbons (Fsp3) is 0.667. The van der Waals surface area contributed by atoms with Crippen LogP contribution in [0.3, 0.4) is 0 Å². The van der Waals surface area contributed by atoms with Gasteiger partial charge in [-0.15, -0.1) is 0 Å². The molecule has 0 radical (unpaired) electrons. The van der Waals surface area contributed by atoms with E-state index in [0.29, 0.717) is 12.4 Å². The third kappa shape index (κ3) is 4.17. The van der Waals surface area contributed by atoms with Crippen molar-refractivity contribution in [2.24, 2.45) is 0 Å². The van der Waals surface area contributed by atoms with Gasteiger partial charge in [0.15, 0.2) is 0 Å². The first-order valence-electron chi connectivity index (χ1n) is 4.75. The van der Waals surface area contributed by atoms with E-state index in [1.165, 1.54) is 12.4 Å². The summed E-state index contributed by atoms with van der Waals surface area (Å²) in [4.78, 5) is 3.87. The topological polar surface area (TPSA) is 29.9 Å². The molecule has 0 amide bonds. The highest BCUT2D eigenvalue weighted by atomic mass is 32.2. The average molecular weight is 235 g/mol. The van der Waals surface area contributed by atoms with Crippen LogP contribution in [0.4, 0.5) is 8.78 Å². The van der Waals surface area contributed by atoms with Gasteiger partial charge in [-0.05, 0) is 25.0 Å². The lowest BCUT2D eigenvalue weighted by Gasteiger charge is -2.07. The number of hydrogen-bond donors (Lipinski definition) is 1. The van der Waals surface area contributed by atoms with Gasteiger partial charge in [-0.3, -0.25) is 4.57 Å². The van der Waals surface area contributed by atoms with E-state index in [-0.39, 0.29) is 0 Å². The first kappa shape index (κ1) is 12.4. The molecule has 1 aromatic rings. The summed E-state index contributed by atoms with van der Waals surface area (Å²) >= 11 is 1.78. The summed E-state index contributed by atoms with van der Waals surface area (Å²) in [6, 6.07) is 0. The van der Waals surface area contributed by atoms with Gasteiger partial charge in [0.2, 0.25) is 0 Å². The van der Waals surface area contributed by atoms with Crippen molar-refractivity contribution in [3.8, 4) is 0 Å². The molecule has 0 bridgehead atoms. The summed E-state index contributed by atoms with van der Waals surface area (Å²) < 4.78 is 25.6. The van der Waals surface area contributed by atoms with E-state index in [9.17, 15) is 8.78 Å². The van der Waals surface area contributed by atoms with Crippen LogP contribution in [0.15, 0.2) is 12.4 Å². The zero-order chi connectivity index (χ0) is 11.1. The molecule has 0 spiro atoms. The normalized spacial score (nSPS) is 11.2. The summed E-state index contributed by atoms with van der Waals surface area (Å²) in [6.07, 6.45) is 5.77. The van der Waals surface area contributed by atoms with Crippen LogP contribution in [-0.2, 0) is 6.54 Å². The molecule has 15 heavy (non-hydrogen) atoms. The van der Waals surface area contributed by atoms with Gasteiger partial charge in [0, 0.05) is 12.4 Å². The van der Waals surface area contributed by atoms with E-state index in [1.54, 1.807) is 11.8 Å². The Morgan fingerprint density at radius 2 is 2.40 bits per heavy atom. The quantitative estimate of drug-likeness (QED) is 0.734. The van der Waals surface area contributed by atoms with E-state index in [1.807, 2.05) is 6.26 Å². The molecule has 0 aliphatic carbocycles. The van der Waals surface area contributed by atoms with Crippen molar-refractivity contribution >= 4 is 11.8 Å². The maximum Gasteiger partial charge on any atom is 0.319 e. The molecule has 0 saturated heterocycles. The van der Waals surface area contributed by atoms with Gasteiger partial charge in [0.25, 0.3) is 0 Å². The van der Waals surface area contributed by atoms with Gasteiger partial charge in [0.1, 0.15) is 5.82 Å². The summed E-state index contributed by atoms with van der Waals surface area (Å²) in [5, 5.41) is 3.09. The SMILES string of the molecule is CSCCCNCc1nccn1C(F)F. The molecule has 0 unspecified atom stereocenters. The molecular weight excluding hydrogens is 220 g/mol. The number of nitrogens with zero attached hydrogens (tertiary/aromatic N) is 2. The number of rotatable bonds is 7. The van der Waals surface area contributed by atoms with E-state index < -0.39 is 6.55 Å². The molecule has 3 nitrogen and oxygen atoms in total. The van der Waals surface area contributed by atoms with Crippen molar-refractivity contribution in [3.63, 3.8) is 0 Å². The lowest BCUT2D eigenvalue weighted by molar-refractivity contribution is 0.0666. The van der Waals surface area contributed by atoms with Gasteiger partial charge in [-0.1, -0.05) is 0 Å². The standard InChI is InChI=1S/C9H15F2N3S/c1-15-6-2-3-12-7-8-13-4-5-14(8)9(10)11/h4-5,9,12H,2-3,6-7H2,1H3. The Kier molecular flexibility index (Phi) is 5.63. The molecule has 1 heterocycles.